The smallest absolute Gasteiger partial charge is 0.328 e. The molecule has 0 aliphatic heterocycles. The maximum absolute atomic E-state index is 11.5. The van der Waals surface area contributed by atoms with Gasteiger partial charge in [-0.3, -0.25) is 0 Å². The standard InChI is InChI=1S/C10H10IN3O2/c1-6(10(15)16-2)14-4-8(11)7-3-12-5-13-9(7)14/h3-6H,1-2H3. The quantitative estimate of drug-likeness (QED) is 0.622. The minimum absolute atomic E-state index is 0.285. The summed E-state index contributed by atoms with van der Waals surface area (Å²) < 4.78 is 7.53. The Bertz CT molecular complexity index is 538. The molecule has 0 bridgehead atoms. The lowest BCUT2D eigenvalue weighted by Crippen LogP contribution is -2.17. The second-order valence-corrected chi connectivity index (χ2v) is 4.51. The van der Waals surface area contributed by atoms with E-state index >= 15 is 0 Å². The minimum atomic E-state index is -0.383. The molecule has 0 saturated carbocycles. The van der Waals surface area contributed by atoms with E-state index in [1.165, 1.54) is 13.4 Å². The normalized spacial score (nSPS) is 12.7. The molecule has 16 heavy (non-hydrogen) atoms. The molecular formula is C10H10IN3O2. The van der Waals surface area contributed by atoms with Gasteiger partial charge in [-0.25, -0.2) is 14.8 Å². The molecule has 2 aromatic heterocycles. The minimum Gasteiger partial charge on any atom is -0.467 e. The lowest BCUT2D eigenvalue weighted by molar-refractivity contribution is -0.143. The van der Waals surface area contributed by atoms with E-state index in [2.05, 4.69) is 32.6 Å². The molecule has 0 amide bonds. The zero-order valence-electron chi connectivity index (χ0n) is 8.85. The van der Waals surface area contributed by atoms with Crippen molar-refractivity contribution in [3.8, 4) is 0 Å². The zero-order chi connectivity index (χ0) is 11.7. The second-order valence-electron chi connectivity index (χ2n) is 3.34. The second kappa shape index (κ2) is 4.36. The number of ether oxygens (including phenoxy) is 1. The van der Waals surface area contributed by atoms with E-state index < -0.39 is 0 Å². The van der Waals surface area contributed by atoms with Gasteiger partial charge in [0, 0.05) is 16.0 Å². The van der Waals surface area contributed by atoms with Crippen molar-refractivity contribution in [1.82, 2.24) is 14.5 Å². The average Bonchev–Trinajstić information content (AvgIpc) is 2.65. The van der Waals surface area contributed by atoms with Gasteiger partial charge in [0.05, 0.1) is 12.5 Å². The van der Waals surface area contributed by atoms with Gasteiger partial charge in [-0.1, -0.05) is 0 Å². The van der Waals surface area contributed by atoms with Gasteiger partial charge in [0.1, 0.15) is 18.0 Å². The van der Waals surface area contributed by atoms with Crippen molar-refractivity contribution in [3.63, 3.8) is 0 Å². The van der Waals surface area contributed by atoms with Crippen molar-refractivity contribution >= 4 is 39.6 Å². The molecule has 0 aromatic carbocycles. The highest BCUT2D eigenvalue weighted by atomic mass is 127. The highest BCUT2D eigenvalue weighted by Crippen LogP contribution is 2.23. The highest BCUT2D eigenvalue weighted by molar-refractivity contribution is 14.1. The molecule has 0 radical (unpaired) electrons. The van der Waals surface area contributed by atoms with Gasteiger partial charge in [0.15, 0.2) is 0 Å². The lowest BCUT2D eigenvalue weighted by atomic mass is 10.3. The fourth-order valence-corrected chi connectivity index (χ4v) is 2.21. The Morgan fingerprint density at radius 2 is 2.38 bits per heavy atom. The number of rotatable bonds is 2. The Balaban J connectivity index is 2.57. The number of nitrogens with zero attached hydrogens (tertiary/aromatic N) is 3. The molecule has 2 heterocycles. The lowest BCUT2D eigenvalue weighted by Gasteiger charge is -2.11. The van der Waals surface area contributed by atoms with Crippen LogP contribution >= 0.6 is 22.6 Å². The Labute approximate surface area is 106 Å². The predicted octanol–water partition coefficient (Wildman–Crippen LogP) is 1.77. The summed E-state index contributed by atoms with van der Waals surface area (Å²) in [5.74, 6) is -0.285. The van der Waals surface area contributed by atoms with Gasteiger partial charge in [0.25, 0.3) is 0 Å². The summed E-state index contributed by atoms with van der Waals surface area (Å²) in [6.07, 6.45) is 5.09. The van der Waals surface area contributed by atoms with Crippen LogP contribution in [-0.2, 0) is 9.53 Å². The molecule has 1 atom stereocenters. The van der Waals surface area contributed by atoms with Crippen molar-refractivity contribution in [3.05, 3.63) is 22.3 Å². The van der Waals surface area contributed by atoms with Crippen molar-refractivity contribution < 1.29 is 9.53 Å². The molecule has 0 spiro atoms. The topological polar surface area (TPSA) is 57.0 Å². The van der Waals surface area contributed by atoms with Gasteiger partial charge in [-0.05, 0) is 29.5 Å². The van der Waals surface area contributed by atoms with Gasteiger partial charge >= 0.3 is 5.97 Å². The first-order valence-electron chi connectivity index (χ1n) is 4.69. The van der Waals surface area contributed by atoms with E-state index in [0.29, 0.717) is 0 Å². The van der Waals surface area contributed by atoms with E-state index in [4.69, 9.17) is 4.74 Å². The number of fused-ring (bicyclic) bond motifs is 1. The summed E-state index contributed by atoms with van der Waals surface area (Å²) in [6.45, 7) is 1.78. The van der Waals surface area contributed by atoms with Crippen molar-refractivity contribution in [2.24, 2.45) is 0 Å². The van der Waals surface area contributed by atoms with Crippen LogP contribution in [0, 0.1) is 3.57 Å². The van der Waals surface area contributed by atoms with Gasteiger partial charge < -0.3 is 9.30 Å². The number of halogens is 1. The molecular weight excluding hydrogens is 321 g/mol. The van der Waals surface area contributed by atoms with Crippen LogP contribution in [0.25, 0.3) is 11.0 Å². The summed E-state index contributed by atoms with van der Waals surface area (Å²) in [6, 6.07) is -0.383. The molecule has 6 heteroatoms. The largest absolute Gasteiger partial charge is 0.467 e. The third kappa shape index (κ3) is 1.77. The fraction of sp³-hybridized carbons (Fsp3) is 0.300. The number of aromatic nitrogens is 3. The number of carbonyl (C=O) groups is 1. The Morgan fingerprint density at radius 1 is 1.62 bits per heavy atom. The molecule has 0 N–H and O–H groups in total. The van der Waals surface area contributed by atoms with Crippen molar-refractivity contribution in [2.75, 3.05) is 7.11 Å². The summed E-state index contributed by atoms with van der Waals surface area (Å²) in [5, 5.41) is 0.943. The van der Waals surface area contributed by atoms with E-state index in [0.717, 1.165) is 14.6 Å². The van der Waals surface area contributed by atoms with Crippen LogP contribution in [0.2, 0.25) is 0 Å². The van der Waals surface area contributed by atoms with Crippen LogP contribution in [0.4, 0.5) is 0 Å². The van der Waals surface area contributed by atoms with E-state index in [1.54, 1.807) is 17.7 Å². The molecule has 0 fully saturated rings. The molecule has 2 rings (SSSR count). The van der Waals surface area contributed by atoms with E-state index in [-0.39, 0.29) is 12.0 Å². The first-order valence-corrected chi connectivity index (χ1v) is 5.77. The van der Waals surface area contributed by atoms with Crippen molar-refractivity contribution in [1.29, 1.82) is 0 Å². The predicted molar refractivity (Wildman–Crippen MR) is 67.0 cm³/mol. The number of carbonyl (C=O) groups excluding carboxylic acids is 1. The fourth-order valence-electron chi connectivity index (χ4n) is 1.53. The van der Waals surface area contributed by atoms with Crippen LogP contribution < -0.4 is 0 Å². The molecule has 84 valence electrons. The molecule has 2 aromatic rings. The summed E-state index contributed by atoms with van der Waals surface area (Å²) >= 11 is 2.19. The summed E-state index contributed by atoms with van der Waals surface area (Å²) in [4.78, 5) is 19.6. The van der Waals surface area contributed by atoms with Crippen LogP contribution in [0.1, 0.15) is 13.0 Å². The Kier molecular flexibility index (Phi) is 3.08. The number of hydrogen-bond donors (Lipinski definition) is 0. The zero-order valence-corrected chi connectivity index (χ0v) is 11.0. The number of methoxy groups -OCH3 is 1. The van der Waals surface area contributed by atoms with Gasteiger partial charge in [-0.2, -0.15) is 0 Å². The Morgan fingerprint density at radius 3 is 3.06 bits per heavy atom. The highest BCUT2D eigenvalue weighted by Gasteiger charge is 2.19. The number of hydrogen-bond acceptors (Lipinski definition) is 4. The van der Waals surface area contributed by atoms with E-state index in [1.807, 2.05) is 6.20 Å². The van der Waals surface area contributed by atoms with Gasteiger partial charge in [0.2, 0.25) is 0 Å². The third-order valence-corrected chi connectivity index (χ3v) is 3.26. The van der Waals surface area contributed by atoms with E-state index in [9.17, 15) is 4.79 Å². The average molecular weight is 331 g/mol. The van der Waals surface area contributed by atoms with Crippen LogP contribution in [-0.4, -0.2) is 27.6 Å². The summed E-state index contributed by atoms with van der Waals surface area (Å²) in [7, 11) is 1.38. The molecule has 0 aliphatic rings. The maximum atomic E-state index is 11.5. The maximum Gasteiger partial charge on any atom is 0.328 e. The van der Waals surface area contributed by atoms with Crippen LogP contribution in [0.5, 0.6) is 0 Å². The Hall–Kier alpha value is -1.18. The monoisotopic (exact) mass is 331 g/mol. The molecule has 1 unspecified atom stereocenters. The van der Waals surface area contributed by atoms with Crippen molar-refractivity contribution in [2.45, 2.75) is 13.0 Å². The van der Waals surface area contributed by atoms with Crippen LogP contribution in [0.3, 0.4) is 0 Å². The summed E-state index contributed by atoms with van der Waals surface area (Å²) in [5.41, 5.74) is 0.748. The first kappa shape index (κ1) is 11.3. The first-order chi connectivity index (χ1) is 7.65. The SMILES string of the molecule is COC(=O)C(C)n1cc(I)c2cncnc21. The third-order valence-electron chi connectivity index (χ3n) is 2.41. The molecule has 5 nitrogen and oxygen atoms in total. The van der Waals surface area contributed by atoms with Gasteiger partial charge in [-0.15, -0.1) is 0 Å². The number of esters is 1. The van der Waals surface area contributed by atoms with Crippen LogP contribution in [0.15, 0.2) is 18.7 Å². The molecule has 0 aliphatic carbocycles. The molecule has 0 saturated heterocycles.